The summed E-state index contributed by atoms with van der Waals surface area (Å²) in [5.74, 6) is -0.690. The number of urea groups is 1. The summed E-state index contributed by atoms with van der Waals surface area (Å²) in [6.07, 6.45) is 6.22. The van der Waals surface area contributed by atoms with Gasteiger partial charge in [-0.3, -0.25) is 24.5 Å². The van der Waals surface area contributed by atoms with Crippen LogP contribution in [0.25, 0.3) is 33.4 Å². The number of hydrogen-bond acceptors (Lipinski definition) is 11. The number of methoxy groups -OCH3 is 1. The van der Waals surface area contributed by atoms with Gasteiger partial charge in [0, 0.05) is 79.7 Å². The van der Waals surface area contributed by atoms with E-state index in [1.54, 1.807) is 23.3 Å². The molecule has 15 heteroatoms. The van der Waals surface area contributed by atoms with Crippen molar-refractivity contribution >= 4 is 45.8 Å². The number of rotatable bonds is 5. The SMILES string of the molecule is CCN1Cc2sc3nc2-c2ccc4[nH]c(-c5cc(N6CCN7CCCC7C6)cnc5C(C)OC)c(c4c2)CC(C)(C)COC(=O)C2CCCN(N2)C(=O)C(C3)NC1=O. The second kappa shape index (κ2) is 15.6. The molecule has 4 unspecified atom stereocenters. The van der Waals surface area contributed by atoms with Crippen molar-refractivity contribution in [3.05, 3.63) is 51.6 Å². The second-order valence-electron chi connectivity index (χ2n) is 17.4. The summed E-state index contributed by atoms with van der Waals surface area (Å²) in [7, 11) is 1.72. The predicted octanol–water partition coefficient (Wildman–Crippen LogP) is 5.42. The van der Waals surface area contributed by atoms with E-state index in [9.17, 15) is 14.4 Å². The topological polar surface area (TPSA) is 148 Å². The molecular weight excluding hydrogens is 755 g/mol. The van der Waals surface area contributed by atoms with E-state index in [0.29, 0.717) is 44.9 Å². The minimum absolute atomic E-state index is 0.181. The Morgan fingerprint density at radius 1 is 1.07 bits per heavy atom. The average Bonchev–Trinajstić information content (AvgIpc) is 3.97. The summed E-state index contributed by atoms with van der Waals surface area (Å²) in [6.45, 7) is 13.8. The Morgan fingerprint density at radius 3 is 2.74 bits per heavy atom. The van der Waals surface area contributed by atoms with E-state index in [2.05, 4.69) is 63.6 Å². The first kappa shape index (κ1) is 38.9. The number of nitrogens with zero attached hydrogens (tertiary/aromatic N) is 6. The number of aromatic nitrogens is 3. The molecule has 1 aromatic carbocycles. The predicted molar refractivity (Wildman–Crippen MR) is 223 cm³/mol. The maximum absolute atomic E-state index is 14.1. The zero-order valence-electron chi connectivity index (χ0n) is 34.2. The van der Waals surface area contributed by atoms with Crippen LogP contribution >= 0.6 is 11.3 Å². The largest absolute Gasteiger partial charge is 0.464 e. The first-order chi connectivity index (χ1) is 28.0. The van der Waals surface area contributed by atoms with Crippen molar-refractivity contribution in [1.29, 1.82) is 0 Å². The van der Waals surface area contributed by atoms with Gasteiger partial charge in [0.15, 0.2) is 0 Å². The molecular formula is C43H55N9O5S. The van der Waals surface area contributed by atoms with Gasteiger partial charge in [0.1, 0.15) is 12.1 Å². The molecule has 0 aliphatic carbocycles. The highest BCUT2D eigenvalue weighted by molar-refractivity contribution is 7.12. The fraction of sp³-hybridized carbons (Fsp3) is 0.558. The number of ether oxygens (including phenoxy) is 2. The molecule has 0 spiro atoms. The fourth-order valence-corrected chi connectivity index (χ4v) is 10.6. The van der Waals surface area contributed by atoms with Gasteiger partial charge in [-0.1, -0.05) is 19.9 Å². The molecule has 0 saturated carbocycles. The smallest absolute Gasteiger partial charge is 0.324 e. The van der Waals surface area contributed by atoms with E-state index in [4.69, 9.17) is 19.4 Å². The number of thiazole rings is 1. The zero-order chi connectivity index (χ0) is 40.3. The van der Waals surface area contributed by atoms with E-state index >= 15 is 0 Å². The van der Waals surface area contributed by atoms with E-state index in [0.717, 1.165) is 79.9 Å². The molecule has 4 atom stereocenters. The van der Waals surface area contributed by atoms with Crippen molar-refractivity contribution in [2.45, 2.75) is 97.0 Å². The Kier molecular flexibility index (Phi) is 10.4. The lowest BCUT2D eigenvalue weighted by molar-refractivity contribution is -0.155. The van der Waals surface area contributed by atoms with Crippen LogP contribution in [0.3, 0.4) is 0 Å². The molecule has 3 saturated heterocycles. The molecule has 3 amide bonds. The highest BCUT2D eigenvalue weighted by Crippen LogP contribution is 2.42. The van der Waals surface area contributed by atoms with Crippen molar-refractivity contribution in [2.24, 2.45) is 5.41 Å². The molecule has 0 radical (unpaired) electrons. The van der Waals surface area contributed by atoms with Crippen molar-refractivity contribution in [3.63, 3.8) is 0 Å². The number of hydrogen-bond donors (Lipinski definition) is 3. The summed E-state index contributed by atoms with van der Waals surface area (Å²) >= 11 is 1.55. The van der Waals surface area contributed by atoms with Gasteiger partial charge in [-0.05, 0) is 76.3 Å². The third kappa shape index (κ3) is 7.35. The summed E-state index contributed by atoms with van der Waals surface area (Å²) in [5.41, 5.74) is 10.4. The third-order valence-electron chi connectivity index (χ3n) is 12.8. The lowest BCUT2D eigenvalue weighted by Crippen LogP contribution is -2.61. The van der Waals surface area contributed by atoms with Crippen molar-refractivity contribution < 1.29 is 23.9 Å². The van der Waals surface area contributed by atoms with Crippen LogP contribution in [0.1, 0.15) is 80.6 Å². The summed E-state index contributed by atoms with van der Waals surface area (Å²) in [5, 5.41) is 6.29. The number of nitrogens with one attached hydrogen (secondary N) is 3. The molecule has 3 fully saturated rings. The minimum Gasteiger partial charge on any atom is -0.464 e. The van der Waals surface area contributed by atoms with Gasteiger partial charge in [0.2, 0.25) is 0 Å². The number of benzene rings is 1. The Labute approximate surface area is 343 Å². The number of pyridine rings is 1. The van der Waals surface area contributed by atoms with Crippen molar-refractivity contribution in [3.8, 4) is 22.5 Å². The molecule has 3 N–H and O–H groups in total. The first-order valence-corrected chi connectivity index (χ1v) is 21.8. The maximum atomic E-state index is 14.1. The van der Waals surface area contributed by atoms with E-state index in [1.807, 2.05) is 20.0 Å². The van der Waals surface area contributed by atoms with Gasteiger partial charge < -0.3 is 29.6 Å². The fourth-order valence-electron chi connectivity index (χ4n) is 9.44. The highest BCUT2D eigenvalue weighted by Gasteiger charge is 2.37. The number of carbonyl (C=O) groups is 3. The maximum Gasteiger partial charge on any atom is 0.324 e. The van der Waals surface area contributed by atoms with Crippen molar-refractivity contribution in [2.75, 3.05) is 57.9 Å². The van der Waals surface area contributed by atoms with E-state index < -0.39 is 23.5 Å². The Hall–Kier alpha value is -4.57. The number of cyclic esters (lactones) is 1. The van der Waals surface area contributed by atoms with Gasteiger partial charge in [-0.2, -0.15) is 0 Å². The summed E-state index contributed by atoms with van der Waals surface area (Å²) in [6, 6.07) is 7.42. The number of H-pyrrole nitrogens is 1. The monoisotopic (exact) mass is 809 g/mol. The number of aromatic amines is 1. The van der Waals surface area contributed by atoms with E-state index in [-0.39, 0.29) is 31.1 Å². The zero-order valence-corrected chi connectivity index (χ0v) is 35.0. The average molecular weight is 810 g/mol. The number of esters is 1. The number of carbonyl (C=O) groups excluding carboxylic acids is 3. The number of amides is 3. The lowest BCUT2D eigenvalue weighted by atomic mass is 9.84. The Bertz CT molecular complexity index is 2240. The number of anilines is 1. The van der Waals surface area contributed by atoms with Crippen LogP contribution in [0.4, 0.5) is 10.5 Å². The first-order valence-electron chi connectivity index (χ1n) is 20.9. The quantitative estimate of drug-likeness (QED) is 0.223. The normalized spacial score (nSPS) is 24.6. The van der Waals surface area contributed by atoms with Gasteiger partial charge in [0.25, 0.3) is 5.91 Å². The summed E-state index contributed by atoms with van der Waals surface area (Å²) < 4.78 is 12.0. The number of hydrazine groups is 1. The number of fused-ring (bicyclic) bond motifs is 9. The second-order valence-corrected chi connectivity index (χ2v) is 18.6. The van der Waals surface area contributed by atoms with Crippen LogP contribution in [0.15, 0.2) is 30.5 Å². The standard InChI is InChI=1S/C43H55N9O5S/c1-6-49-23-35-38-26-11-12-32-29(17-26)31(39(45-32)30-18-28(21-44-37(30)25(2)56-5)51-16-15-50-13-7-9-27(50)22-51)20-43(3,4)24-57-41(54)33-10-8-14-52(48-33)40(53)34(46-42(49)55)19-36(47-38)58-35/h11-12,17-18,21,25,27,33-34,45,48H,6-10,13-16,19-20,22-24H2,1-5H3,(H,46,55). The molecule has 58 heavy (non-hydrogen) atoms. The molecule has 5 aliphatic rings. The molecule has 4 aromatic rings. The third-order valence-corrected chi connectivity index (χ3v) is 13.8. The molecule has 14 nitrogen and oxygen atoms in total. The van der Waals surface area contributed by atoms with Crippen molar-refractivity contribution in [1.82, 2.24) is 40.5 Å². The highest BCUT2D eigenvalue weighted by atomic mass is 32.1. The molecule has 308 valence electrons. The molecule has 9 rings (SSSR count). The van der Waals surface area contributed by atoms with Crippen LogP contribution in [0.2, 0.25) is 0 Å². The van der Waals surface area contributed by atoms with Crippen LogP contribution in [0.5, 0.6) is 0 Å². The van der Waals surface area contributed by atoms with E-state index in [1.165, 1.54) is 24.4 Å². The van der Waals surface area contributed by atoms with Crippen LogP contribution in [0, 0.1) is 5.41 Å². The van der Waals surface area contributed by atoms with Crippen LogP contribution < -0.4 is 15.6 Å². The van der Waals surface area contributed by atoms with Crippen LogP contribution in [-0.2, 0) is 38.4 Å². The molecule has 8 heterocycles. The van der Waals surface area contributed by atoms with Crippen LogP contribution in [-0.4, -0.2) is 119 Å². The Morgan fingerprint density at radius 2 is 1.91 bits per heavy atom. The lowest BCUT2D eigenvalue weighted by Gasteiger charge is -2.39. The van der Waals surface area contributed by atoms with Gasteiger partial charge >= 0.3 is 12.0 Å². The van der Waals surface area contributed by atoms with Gasteiger partial charge in [-0.25, -0.2) is 15.2 Å². The van der Waals surface area contributed by atoms with Gasteiger partial charge in [-0.15, -0.1) is 11.3 Å². The molecule has 5 aliphatic heterocycles. The molecule has 8 bridgehead atoms. The molecule has 3 aromatic heterocycles. The Balaban J connectivity index is 1.20. The number of piperazine rings is 1. The summed E-state index contributed by atoms with van der Waals surface area (Å²) in [4.78, 5) is 63.4. The minimum atomic E-state index is -0.858. The van der Waals surface area contributed by atoms with Gasteiger partial charge in [0.05, 0.1) is 58.1 Å².